The first-order valence-electron chi connectivity index (χ1n) is 14.3. The normalized spacial score (nSPS) is 14.8. The summed E-state index contributed by atoms with van der Waals surface area (Å²) in [5.74, 6) is -1.11. The summed E-state index contributed by atoms with van der Waals surface area (Å²) in [7, 11) is 0. The Morgan fingerprint density at radius 2 is 1.64 bits per heavy atom. The van der Waals surface area contributed by atoms with Gasteiger partial charge in [0.25, 0.3) is 11.5 Å². The van der Waals surface area contributed by atoms with Gasteiger partial charge in [0, 0.05) is 33.9 Å². The maximum Gasteiger partial charge on any atom is 0.271 e. The van der Waals surface area contributed by atoms with Crippen molar-refractivity contribution >= 4 is 39.9 Å². The molecule has 0 saturated carbocycles. The second-order valence-corrected chi connectivity index (χ2v) is 11.8. The van der Waals surface area contributed by atoms with Crippen molar-refractivity contribution in [1.29, 1.82) is 0 Å². The molecule has 1 unspecified atom stereocenters. The van der Waals surface area contributed by atoms with Crippen molar-refractivity contribution in [1.82, 2.24) is 9.13 Å². The highest BCUT2D eigenvalue weighted by molar-refractivity contribution is 7.07. The van der Waals surface area contributed by atoms with Crippen LogP contribution in [0.1, 0.15) is 29.7 Å². The van der Waals surface area contributed by atoms with Crippen LogP contribution < -0.4 is 20.2 Å². The number of amides is 1. The lowest BCUT2D eigenvalue weighted by molar-refractivity contribution is -0.113. The SMILES string of the molecule is CC1=C(C(=O)Nc2ccccc2)C(c2ccc(F)cc2)n2c(s/c(=C\c3cn(Cc4ccccc4F)c4ccccc34)c2=O)=N1. The molecule has 2 aromatic heterocycles. The van der Waals surface area contributed by atoms with Crippen molar-refractivity contribution in [2.24, 2.45) is 4.99 Å². The largest absolute Gasteiger partial charge is 0.342 e. The van der Waals surface area contributed by atoms with Gasteiger partial charge < -0.3 is 9.88 Å². The average molecular weight is 617 g/mol. The standard InChI is InChI=1S/C36H26F2N4O2S/c1-22-32(34(43)40-27-10-3-2-4-11-27)33(23-15-17-26(37)18-16-23)42-35(44)31(45-36(42)39-22)19-25-21-41(30-14-8-6-12-28(25)30)20-24-9-5-7-13-29(24)38/h2-19,21,33H,20H2,1H3,(H,40,43)/b31-19-. The predicted molar refractivity (Wildman–Crippen MR) is 173 cm³/mol. The van der Waals surface area contributed by atoms with Gasteiger partial charge in [0.1, 0.15) is 11.6 Å². The fourth-order valence-electron chi connectivity index (χ4n) is 5.76. The summed E-state index contributed by atoms with van der Waals surface area (Å²) in [6.45, 7) is 2.07. The van der Waals surface area contributed by atoms with Gasteiger partial charge >= 0.3 is 0 Å². The summed E-state index contributed by atoms with van der Waals surface area (Å²) < 4.78 is 32.4. The Kier molecular flexibility index (Phi) is 7.31. The number of aromatic nitrogens is 2. The van der Waals surface area contributed by atoms with Crippen LogP contribution in [-0.2, 0) is 11.3 Å². The van der Waals surface area contributed by atoms with E-state index in [1.807, 2.05) is 59.3 Å². The summed E-state index contributed by atoms with van der Waals surface area (Å²) in [5, 5.41) is 3.83. The Hall–Kier alpha value is -5.41. The third-order valence-corrected chi connectivity index (χ3v) is 8.87. The molecule has 1 aliphatic rings. The van der Waals surface area contributed by atoms with Crippen LogP contribution in [0.2, 0.25) is 0 Å². The molecule has 1 aliphatic heterocycles. The number of para-hydroxylation sites is 2. The molecule has 0 saturated heterocycles. The molecule has 7 rings (SSSR count). The number of nitrogens with one attached hydrogen (secondary N) is 1. The van der Waals surface area contributed by atoms with Gasteiger partial charge in [-0.15, -0.1) is 0 Å². The van der Waals surface area contributed by atoms with Crippen molar-refractivity contribution in [3.05, 3.63) is 169 Å². The zero-order valence-corrected chi connectivity index (χ0v) is 24.9. The molecular weight excluding hydrogens is 590 g/mol. The lowest BCUT2D eigenvalue weighted by Crippen LogP contribution is -2.40. The topological polar surface area (TPSA) is 68.4 Å². The number of thiazole rings is 1. The Morgan fingerprint density at radius 3 is 2.42 bits per heavy atom. The summed E-state index contributed by atoms with van der Waals surface area (Å²) in [6.07, 6.45) is 3.73. The molecular formula is C36H26F2N4O2S. The van der Waals surface area contributed by atoms with E-state index in [9.17, 15) is 18.4 Å². The van der Waals surface area contributed by atoms with E-state index in [4.69, 9.17) is 4.99 Å². The predicted octanol–water partition coefficient (Wildman–Crippen LogP) is 6.16. The third-order valence-electron chi connectivity index (χ3n) is 7.89. The second-order valence-electron chi connectivity index (χ2n) is 10.8. The van der Waals surface area contributed by atoms with E-state index in [-0.39, 0.29) is 11.4 Å². The molecule has 222 valence electrons. The van der Waals surface area contributed by atoms with E-state index in [2.05, 4.69) is 5.32 Å². The highest BCUT2D eigenvalue weighted by Crippen LogP contribution is 2.31. The molecule has 45 heavy (non-hydrogen) atoms. The zero-order valence-electron chi connectivity index (χ0n) is 24.1. The number of benzene rings is 4. The fourth-order valence-corrected chi connectivity index (χ4v) is 6.80. The van der Waals surface area contributed by atoms with Crippen molar-refractivity contribution in [2.45, 2.75) is 19.5 Å². The molecule has 0 spiro atoms. The molecule has 6 aromatic rings. The van der Waals surface area contributed by atoms with Gasteiger partial charge in [0.2, 0.25) is 0 Å². The molecule has 3 heterocycles. The van der Waals surface area contributed by atoms with Crippen LogP contribution in [0.3, 0.4) is 0 Å². The van der Waals surface area contributed by atoms with Gasteiger partial charge in [-0.1, -0.05) is 78.1 Å². The average Bonchev–Trinajstić information content (AvgIpc) is 3.54. The number of hydrogen-bond donors (Lipinski definition) is 1. The number of nitrogens with zero attached hydrogens (tertiary/aromatic N) is 3. The Balaban J connectivity index is 1.36. The summed E-state index contributed by atoms with van der Waals surface area (Å²) in [5.41, 5.74) is 3.88. The smallest absolute Gasteiger partial charge is 0.271 e. The molecule has 0 radical (unpaired) electrons. The first-order chi connectivity index (χ1) is 21.9. The summed E-state index contributed by atoms with van der Waals surface area (Å²) >= 11 is 1.22. The van der Waals surface area contributed by atoms with Crippen LogP contribution in [0.15, 0.2) is 130 Å². The molecule has 1 atom stereocenters. The number of carbonyl (C=O) groups is 1. The van der Waals surface area contributed by atoms with Crippen molar-refractivity contribution in [2.75, 3.05) is 5.32 Å². The first-order valence-corrected chi connectivity index (χ1v) is 15.1. The molecule has 1 amide bonds. The van der Waals surface area contributed by atoms with Crippen LogP contribution in [0.4, 0.5) is 14.5 Å². The molecule has 9 heteroatoms. The van der Waals surface area contributed by atoms with Gasteiger partial charge in [0.15, 0.2) is 4.80 Å². The van der Waals surface area contributed by atoms with E-state index < -0.39 is 17.8 Å². The fraction of sp³-hybridized carbons (Fsp3) is 0.0833. The van der Waals surface area contributed by atoms with E-state index in [1.165, 1.54) is 34.1 Å². The number of anilines is 1. The van der Waals surface area contributed by atoms with Crippen molar-refractivity contribution in [3.8, 4) is 0 Å². The number of allylic oxidation sites excluding steroid dienone is 1. The second kappa shape index (κ2) is 11.6. The van der Waals surface area contributed by atoms with Crippen LogP contribution in [-0.4, -0.2) is 15.0 Å². The lowest BCUT2D eigenvalue weighted by atomic mass is 9.95. The van der Waals surface area contributed by atoms with Gasteiger partial charge in [-0.25, -0.2) is 13.8 Å². The highest BCUT2D eigenvalue weighted by atomic mass is 32.1. The highest BCUT2D eigenvalue weighted by Gasteiger charge is 2.32. The first kappa shape index (κ1) is 28.4. The van der Waals surface area contributed by atoms with Crippen molar-refractivity contribution < 1.29 is 13.6 Å². The van der Waals surface area contributed by atoms with Crippen LogP contribution in [0.25, 0.3) is 17.0 Å². The van der Waals surface area contributed by atoms with Crippen LogP contribution >= 0.6 is 11.3 Å². The van der Waals surface area contributed by atoms with E-state index in [0.29, 0.717) is 44.0 Å². The van der Waals surface area contributed by atoms with Crippen LogP contribution in [0.5, 0.6) is 0 Å². The molecule has 1 N–H and O–H groups in total. The van der Waals surface area contributed by atoms with Gasteiger partial charge in [0.05, 0.1) is 28.4 Å². The number of hydrogen-bond acceptors (Lipinski definition) is 4. The van der Waals surface area contributed by atoms with Crippen LogP contribution in [0, 0.1) is 11.6 Å². The minimum absolute atomic E-state index is 0.284. The summed E-state index contributed by atoms with van der Waals surface area (Å²) in [6, 6.07) is 28.5. The monoisotopic (exact) mass is 616 g/mol. The van der Waals surface area contributed by atoms with E-state index in [1.54, 1.807) is 49.4 Å². The molecule has 6 nitrogen and oxygen atoms in total. The maximum atomic E-state index is 14.5. The quantitative estimate of drug-likeness (QED) is 0.244. The minimum Gasteiger partial charge on any atom is -0.342 e. The Morgan fingerprint density at radius 1 is 0.933 bits per heavy atom. The molecule has 0 aliphatic carbocycles. The molecule has 0 bridgehead atoms. The van der Waals surface area contributed by atoms with Crippen molar-refractivity contribution in [3.63, 3.8) is 0 Å². The number of rotatable bonds is 6. The lowest BCUT2D eigenvalue weighted by Gasteiger charge is -2.25. The number of carbonyl (C=O) groups excluding carboxylic acids is 1. The maximum absolute atomic E-state index is 14.5. The number of halogens is 2. The van der Waals surface area contributed by atoms with Gasteiger partial charge in [-0.05, 0) is 55.0 Å². The molecule has 0 fully saturated rings. The van der Waals surface area contributed by atoms with E-state index >= 15 is 0 Å². The minimum atomic E-state index is -0.824. The molecule has 4 aromatic carbocycles. The zero-order chi connectivity index (χ0) is 31.1. The third kappa shape index (κ3) is 5.32. The number of fused-ring (bicyclic) bond motifs is 2. The van der Waals surface area contributed by atoms with E-state index in [0.717, 1.165) is 16.5 Å². The Bertz CT molecular complexity index is 2300. The Labute approximate surface area is 260 Å². The van der Waals surface area contributed by atoms with Gasteiger partial charge in [-0.2, -0.15) is 0 Å². The summed E-state index contributed by atoms with van der Waals surface area (Å²) in [4.78, 5) is 33.0. The van der Waals surface area contributed by atoms with Gasteiger partial charge in [-0.3, -0.25) is 14.2 Å².